The van der Waals surface area contributed by atoms with Crippen molar-refractivity contribution in [3.63, 3.8) is 0 Å². The topological polar surface area (TPSA) is 38.1 Å². The molecule has 0 radical (unpaired) electrons. The second kappa shape index (κ2) is 6.82. The Morgan fingerprint density at radius 2 is 1.76 bits per heavy atom. The van der Waals surface area contributed by atoms with E-state index < -0.39 is 29.0 Å². The monoisotopic (exact) mass is 417 g/mol. The molecule has 1 aromatic heterocycles. The van der Waals surface area contributed by atoms with Gasteiger partial charge in [0.25, 0.3) is 5.91 Å². The molecule has 25 heavy (non-hydrogen) atoms. The van der Waals surface area contributed by atoms with Gasteiger partial charge in [0.15, 0.2) is 11.4 Å². The quantitative estimate of drug-likeness (QED) is 0.710. The van der Waals surface area contributed by atoms with Crippen LogP contribution in [-0.2, 0) is 6.18 Å². The fourth-order valence-electron chi connectivity index (χ4n) is 2.62. The molecule has 2 rings (SSSR count). The van der Waals surface area contributed by atoms with Gasteiger partial charge in [-0.25, -0.2) is 4.98 Å². The number of hydrogen-bond donors (Lipinski definition) is 0. The number of aromatic nitrogens is 2. The maximum absolute atomic E-state index is 13.7. The zero-order valence-electron chi connectivity index (χ0n) is 14.4. The summed E-state index contributed by atoms with van der Waals surface area (Å²) >= 11 is 3.25. The maximum Gasteiger partial charge on any atom is 0.434 e. The lowest BCUT2D eigenvalue weighted by Gasteiger charge is -2.34. The minimum absolute atomic E-state index is 0.279. The van der Waals surface area contributed by atoms with E-state index in [1.807, 2.05) is 0 Å². The van der Waals surface area contributed by atoms with Crippen molar-refractivity contribution in [2.24, 2.45) is 0 Å². The second-order valence-electron chi connectivity index (χ2n) is 6.51. The zero-order valence-corrected chi connectivity index (χ0v) is 15.9. The Labute approximate surface area is 152 Å². The molecule has 0 aliphatic heterocycles. The van der Waals surface area contributed by atoms with Crippen molar-refractivity contribution >= 4 is 21.8 Å². The third-order valence-corrected chi connectivity index (χ3v) is 4.24. The summed E-state index contributed by atoms with van der Waals surface area (Å²) in [7, 11) is 0. The first kappa shape index (κ1) is 19.5. The van der Waals surface area contributed by atoms with E-state index in [0.717, 1.165) is 15.4 Å². The Kier molecular flexibility index (Phi) is 5.32. The van der Waals surface area contributed by atoms with Gasteiger partial charge in [-0.05, 0) is 52.0 Å². The van der Waals surface area contributed by atoms with Gasteiger partial charge in [0.2, 0.25) is 0 Å². The molecule has 0 saturated carbocycles. The number of carbonyl (C=O) groups excluding carboxylic acids is 1. The molecule has 0 aliphatic carbocycles. The fourth-order valence-corrected chi connectivity index (χ4v) is 2.89. The Morgan fingerprint density at radius 1 is 1.20 bits per heavy atom. The molecule has 0 N–H and O–H groups in total. The predicted molar refractivity (Wildman–Crippen MR) is 92.7 cm³/mol. The number of amides is 1. The van der Waals surface area contributed by atoms with Gasteiger partial charge < -0.3 is 4.90 Å². The van der Waals surface area contributed by atoms with Crippen molar-refractivity contribution in [1.29, 1.82) is 0 Å². The minimum atomic E-state index is -4.72. The summed E-state index contributed by atoms with van der Waals surface area (Å²) in [5.74, 6) is -0.738. The van der Waals surface area contributed by atoms with Gasteiger partial charge >= 0.3 is 6.18 Å². The van der Waals surface area contributed by atoms with Crippen LogP contribution in [0.3, 0.4) is 0 Å². The molecule has 0 aliphatic rings. The summed E-state index contributed by atoms with van der Waals surface area (Å²) in [6, 6.07) is 6.31. The highest BCUT2D eigenvalue weighted by molar-refractivity contribution is 9.10. The number of benzene rings is 1. The molecule has 0 fully saturated rings. The minimum Gasteiger partial charge on any atom is -0.333 e. The van der Waals surface area contributed by atoms with Crippen LogP contribution in [0.25, 0.3) is 5.69 Å². The van der Waals surface area contributed by atoms with E-state index in [0.29, 0.717) is 0 Å². The lowest BCUT2D eigenvalue weighted by molar-refractivity contribution is -0.142. The normalized spacial score (nSPS) is 12.3. The Morgan fingerprint density at radius 3 is 2.20 bits per heavy atom. The van der Waals surface area contributed by atoms with E-state index in [1.54, 1.807) is 39.8 Å². The van der Waals surface area contributed by atoms with Crippen LogP contribution in [0, 0.1) is 0 Å². The van der Waals surface area contributed by atoms with Gasteiger partial charge in [-0.3, -0.25) is 9.36 Å². The van der Waals surface area contributed by atoms with E-state index in [9.17, 15) is 18.0 Å². The summed E-state index contributed by atoms with van der Waals surface area (Å²) in [5, 5.41) is 0. The Bertz CT molecular complexity index is 761. The van der Waals surface area contributed by atoms with Crippen molar-refractivity contribution in [1.82, 2.24) is 14.5 Å². The number of imidazole rings is 1. The summed E-state index contributed by atoms with van der Waals surface area (Å²) in [5.41, 5.74) is -1.99. The smallest absolute Gasteiger partial charge is 0.333 e. The van der Waals surface area contributed by atoms with E-state index >= 15 is 0 Å². The first-order valence-corrected chi connectivity index (χ1v) is 8.48. The number of nitrogens with zero attached hydrogens (tertiary/aromatic N) is 3. The number of hydrogen-bond acceptors (Lipinski definition) is 2. The van der Waals surface area contributed by atoms with Crippen LogP contribution in [-0.4, -0.2) is 32.4 Å². The molecule has 0 atom stereocenters. The van der Waals surface area contributed by atoms with Crippen molar-refractivity contribution in [2.75, 3.05) is 6.54 Å². The molecular formula is C17H19BrF3N3O. The van der Waals surface area contributed by atoms with Crippen molar-refractivity contribution in [3.05, 3.63) is 46.5 Å². The van der Waals surface area contributed by atoms with Crippen LogP contribution < -0.4 is 0 Å². The first-order chi connectivity index (χ1) is 11.5. The Hall–Kier alpha value is -1.83. The van der Waals surface area contributed by atoms with Crippen LogP contribution in [0.1, 0.15) is 43.9 Å². The first-order valence-electron chi connectivity index (χ1n) is 7.69. The highest BCUT2D eigenvalue weighted by atomic mass is 79.9. The molecule has 4 nitrogen and oxygen atoms in total. The molecule has 0 spiro atoms. The number of alkyl halides is 3. The van der Waals surface area contributed by atoms with Crippen LogP contribution in [0.4, 0.5) is 13.2 Å². The predicted octanol–water partition coefficient (Wildman–Crippen LogP) is 4.91. The molecule has 1 amide bonds. The fraction of sp³-hybridized carbons (Fsp3) is 0.412. The SMILES string of the molecule is CCN(C(=O)c1ncn(-c2ccc(Br)cc2)c1C(F)(F)F)C(C)(C)C. The molecule has 2 aromatic rings. The summed E-state index contributed by atoms with van der Waals surface area (Å²) < 4.78 is 42.7. The highest BCUT2D eigenvalue weighted by Crippen LogP contribution is 2.35. The number of rotatable bonds is 3. The van der Waals surface area contributed by atoms with Crippen LogP contribution in [0.15, 0.2) is 35.1 Å². The molecule has 136 valence electrons. The van der Waals surface area contributed by atoms with E-state index in [4.69, 9.17) is 0 Å². The van der Waals surface area contributed by atoms with E-state index in [1.165, 1.54) is 17.0 Å². The van der Waals surface area contributed by atoms with Crippen LogP contribution in [0.2, 0.25) is 0 Å². The van der Waals surface area contributed by atoms with Gasteiger partial charge in [-0.2, -0.15) is 13.2 Å². The summed E-state index contributed by atoms with van der Waals surface area (Å²) in [6.45, 7) is 7.32. The number of halogens is 4. The lowest BCUT2D eigenvalue weighted by Crippen LogP contribution is -2.46. The average Bonchev–Trinajstić information content (AvgIpc) is 2.92. The standard InChI is InChI=1S/C17H19BrF3N3O/c1-5-24(16(2,3)4)15(25)13-14(17(19,20)21)23(10-22-13)12-8-6-11(18)7-9-12/h6-10H,5H2,1-4H3. The zero-order chi connectivity index (χ0) is 19.0. The maximum atomic E-state index is 13.7. The van der Waals surface area contributed by atoms with Gasteiger partial charge in [0.05, 0.1) is 0 Å². The van der Waals surface area contributed by atoms with Crippen molar-refractivity contribution in [3.8, 4) is 5.69 Å². The van der Waals surface area contributed by atoms with Gasteiger partial charge in [0.1, 0.15) is 6.33 Å². The van der Waals surface area contributed by atoms with Crippen LogP contribution >= 0.6 is 15.9 Å². The summed E-state index contributed by atoms with van der Waals surface area (Å²) in [6.07, 6.45) is -3.68. The summed E-state index contributed by atoms with van der Waals surface area (Å²) in [4.78, 5) is 17.9. The second-order valence-corrected chi connectivity index (χ2v) is 7.42. The van der Waals surface area contributed by atoms with Crippen molar-refractivity contribution < 1.29 is 18.0 Å². The third kappa shape index (κ3) is 4.05. The molecule has 0 unspecified atom stereocenters. The Balaban J connectivity index is 2.61. The largest absolute Gasteiger partial charge is 0.434 e. The van der Waals surface area contributed by atoms with Gasteiger partial charge in [-0.15, -0.1) is 0 Å². The number of carbonyl (C=O) groups is 1. The van der Waals surface area contributed by atoms with E-state index in [-0.39, 0.29) is 12.2 Å². The van der Waals surface area contributed by atoms with E-state index in [2.05, 4.69) is 20.9 Å². The molecule has 0 bridgehead atoms. The molecule has 1 heterocycles. The van der Waals surface area contributed by atoms with Gasteiger partial charge in [0, 0.05) is 22.2 Å². The molecule has 8 heteroatoms. The average molecular weight is 418 g/mol. The molecule has 1 aromatic carbocycles. The third-order valence-electron chi connectivity index (χ3n) is 3.71. The van der Waals surface area contributed by atoms with Crippen molar-refractivity contribution in [2.45, 2.75) is 39.4 Å². The molecule has 0 saturated heterocycles. The highest BCUT2D eigenvalue weighted by Gasteiger charge is 2.42. The lowest BCUT2D eigenvalue weighted by atomic mass is 10.1. The molecular weight excluding hydrogens is 399 g/mol. The van der Waals surface area contributed by atoms with Gasteiger partial charge in [-0.1, -0.05) is 15.9 Å². The van der Waals surface area contributed by atoms with Crippen LogP contribution in [0.5, 0.6) is 0 Å².